The number of hydrogen-bond acceptors (Lipinski definition) is 6. The summed E-state index contributed by atoms with van der Waals surface area (Å²) in [6.07, 6.45) is 10.5. The zero-order valence-corrected chi connectivity index (χ0v) is 18.0. The number of anilines is 1. The Hall–Kier alpha value is -4.13. The van der Waals surface area contributed by atoms with Crippen molar-refractivity contribution in [1.82, 2.24) is 15.3 Å². The quantitative estimate of drug-likeness (QED) is 0.538. The van der Waals surface area contributed by atoms with Gasteiger partial charge in [-0.2, -0.15) is 0 Å². The van der Waals surface area contributed by atoms with Gasteiger partial charge in [-0.25, -0.2) is 9.97 Å². The molecule has 0 spiro atoms. The molecule has 1 aliphatic carbocycles. The number of hydrogen-bond donors (Lipinski definition) is 2. The van der Waals surface area contributed by atoms with Gasteiger partial charge in [0.05, 0.1) is 7.11 Å². The number of nitrogens with one attached hydrogen (secondary N) is 2. The number of pyridine rings is 2. The van der Waals surface area contributed by atoms with Crippen LogP contribution in [0.25, 0.3) is 0 Å². The van der Waals surface area contributed by atoms with Gasteiger partial charge in [-0.15, -0.1) is 0 Å². The summed E-state index contributed by atoms with van der Waals surface area (Å²) >= 11 is 0. The molecule has 0 saturated heterocycles. The van der Waals surface area contributed by atoms with Crippen LogP contribution >= 0.6 is 0 Å². The molecule has 7 heteroatoms. The van der Waals surface area contributed by atoms with Gasteiger partial charge in [0, 0.05) is 47.9 Å². The largest absolute Gasteiger partial charge is 0.481 e. The molecule has 0 unspecified atom stereocenters. The Kier molecular flexibility index (Phi) is 6.46. The first-order valence-electron chi connectivity index (χ1n) is 10.3. The van der Waals surface area contributed by atoms with E-state index < -0.39 is 0 Å². The maximum Gasteiger partial charge on any atom is 0.251 e. The molecular formula is C25H24N4O3. The molecule has 1 aromatic carbocycles. The fourth-order valence-electron chi connectivity index (χ4n) is 3.25. The van der Waals surface area contributed by atoms with Gasteiger partial charge >= 0.3 is 0 Å². The molecule has 0 saturated carbocycles. The molecule has 7 nitrogen and oxygen atoms in total. The smallest absolute Gasteiger partial charge is 0.251 e. The Balaban J connectivity index is 1.43. The summed E-state index contributed by atoms with van der Waals surface area (Å²) in [7, 11) is 1.56. The molecule has 0 fully saturated rings. The van der Waals surface area contributed by atoms with Gasteiger partial charge in [-0.1, -0.05) is 24.3 Å². The number of rotatable bonds is 8. The number of carbonyl (C=O) groups excluding carboxylic acids is 1. The minimum Gasteiger partial charge on any atom is -0.481 e. The van der Waals surface area contributed by atoms with Crippen LogP contribution in [0.15, 0.2) is 78.8 Å². The van der Waals surface area contributed by atoms with E-state index in [4.69, 9.17) is 9.47 Å². The van der Waals surface area contributed by atoms with E-state index in [1.807, 2.05) is 31.2 Å². The van der Waals surface area contributed by atoms with Gasteiger partial charge < -0.3 is 20.1 Å². The summed E-state index contributed by atoms with van der Waals surface area (Å²) in [4.78, 5) is 21.3. The molecule has 2 heterocycles. The second-order valence-corrected chi connectivity index (χ2v) is 7.22. The lowest BCUT2D eigenvalue weighted by atomic mass is 10.1. The third-order valence-electron chi connectivity index (χ3n) is 4.99. The number of carbonyl (C=O) groups is 1. The number of benzene rings is 1. The van der Waals surface area contributed by atoms with Crippen LogP contribution < -0.4 is 20.1 Å². The number of ether oxygens (including phenoxy) is 2. The van der Waals surface area contributed by atoms with Crippen LogP contribution in [0.4, 0.5) is 5.82 Å². The predicted molar refractivity (Wildman–Crippen MR) is 123 cm³/mol. The molecular weight excluding hydrogens is 404 g/mol. The highest BCUT2D eigenvalue weighted by atomic mass is 16.5. The van der Waals surface area contributed by atoms with E-state index in [9.17, 15) is 4.79 Å². The van der Waals surface area contributed by atoms with Gasteiger partial charge in [-0.3, -0.25) is 4.79 Å². The van der Waals surface area contributed by atoms with Crippen LogP contribution in [-0.2, 0) is 6.54 Å². The Labute approximate surface area is 186 Å². The molecule has 2 N–H and O–H groups in total. The molecule has 0 radical (unpaired) electrons. The zero-order chi connectivity index (χ0) is 22.3. The molecule has 3 aromatic rings. The number of nitrogens with zero attached hydrogens (tertiary/aromatic N) is 2. The number of allylic oxidation sites excluding steroid dienone is 3. The topological polar surface area (TPSA) is 85.4 Å². The van der Waals surface area contributed by atoms with Crippen molar-refractivity contribution in [2.75, 3.05) is 12.4 Å². The van der Waals surface area contributed by atoms with Crippen molar-refractivity contribution in [2.45, 2.75) is 19.9 Å². The van der Waals surface area contributed by atoms with E-state index >= 15 is 0 Å². The summed E-state index contributed by atoms with van der Waals surface area (Å²) in [6, 6.07) is 12.7. The van der Waals surface area contributed by atoms with Crippen molar-refractivity contribution in [2.24, 2.45) is 0 Å². The van der Waals surface area contributed by atoms with Crippen LogP contribution in [0.3, 0.4) is 0 Å². The second-order valence-electron chi connectivity index (χ2n) is 7.22. The van der Waals surface area contributed by atoms with Gasteiger partial charge in [0.2, 0.25) is 5.88 Å². The number of methoxy groups -OCH3 is 1. The fourth-order valence-corrected chi connectivity index (χ4v) is 3.25. The van der Waals surface area contributed by atoms with Gasteiger partial charge in [-0.05, 0) is 43.2 Å². The molecule has 32 heavy (non-hydrogen) atoms. The highest BCUT2D eigenvalue weighted by molar-refractivity contribution is 5.96. The molecule has 1 aliphatic rings. The summed E-state index contributed by atoms with van der Waals surface area (Å²) < 4.78 is 11.1. The van der Waals surface area contributed by atoms with Crippen LogP contribution in [-0.4, -0.2) is 23.0 Å². The maximum atomic E-state index is 12.8. The van der Waals surface area contributed by atoms with Crippen LogP contribution in [0.2, 0.25) is 0 Å². The first-order chi connectivity index (χ1) is 15.6. The Bertz CT molecular complexity index is 1170. The summed E-state index contributed by atoms with van der Waals surface area (Å²) in [5, 5.41) is 6.18. The normalized spacial score (nSPS) is 12.2. The van der Waals surface area contributed by atoms with E-state index in [2.05, 4.69) is 32.8 Å². The van der Waals surface area contributed by atoms with Crippen LogP contribution in [0, 0.1) is 6.92 Å². The van der Waals surface area contributed by atoms with Crippen molar-refractivity contribution in [3.8, 4) is 17.4 Å². The lowest BCUT2D eigenvalue weighted by Gasteiger charge is -2.13. The first-order valence-corrected chi connectivity index (χ1v) is 10.3. The van der Waals surface area contributed by atoms with Gasteiger partial charge in [0.25, 0.3) is 5.91 Å². The molecule has 2 aromatic heterocycles. The Morgan fingerprint density at radius 1 is 1.16 bits per heavy atom. The lowest BCUT2D eigenvalue weighted by molar-refractivity contribution is 0.0950. The molecule has 162 valence electrons. The van der Waals surface area contributed by atoms with E-state index in [0.717, 1.165) is 23.2 Å². The van der Waals surface area contributed by atoms with Crippen molar-refractivity contribution in [3.63, 3.8) is 0 Å². The average Bonchev–Trinajstić information content (AvgIpc) is 3.32. The minimum absolute atomic E-state index is 0.180. The highest BCUT2D eigenvalue weighted by Crippen LogP contribution is 2.28. The van der Waals surface area contributed by atoms with Crippen molar-refractivity contribution >= 4 is 11.7 Å². The maximum absolute atomic E-state index is 12.8. The second kappa shape index (κ2) is 9.78. The van der Waals surface area contributed by atoms with E-state index in [-0.39, 0.29) is 5.91 Å². The fraction of sp³-hybridized carbons (Fsp3) is 0.160. The van der Waals surface area contributed by atoms with E-state index in [1.165, 1.54) is 0 Å². The molecule has 0 aliphatic heterocycles. The standard InChI is InChI=1S/C25H24N4O3/c1-17-21(25(30)28-16-18-10-11-24(31-2)27-15-18)8-5-9-22(17)32-20-12-13-26-23(14-20)29-19-6-3-4-7-19/h3,5-15H,4,16H2,1-2H3,(H,26,29)(H,28,30). The van der Waals surface area contributed by atoms with Gasteiger partial charge in [0.15, 0.2) is 0 Å². The summed E-state index contributed by atoms with van der Waals surface area (Å²) in [5.74, 6) is 2.29. The molecule has 0 atom stereocenters. The SMILES string of the molecule is COc1ccc(CNC(=O)c2cccc(Oc3ccnc(NC4=CCC=C4)c3)c2C)cn1. The van der Waals surface area contributed by atoms with Crippen LogP contribution in [0.5, 0.6) is 17.4 Å². The molecule has 4 rings (SSSR count). The predicted octanol–water partition coefficient (Wildman–Crippen LogP) is 4.77. The summed E-state index contributed by atoms with van der Waals surface area (Å²) in [5.41, 5.74) is 3.20. The highest BCUT2D eigenvalue weighted by Gasteiger charge is 2.13. The third-order valence-corrected chi connectivity index (χ3v) is 4.99. The van der Waals surface area contributed by atoms with Gasteiger partial charge in [0.1, 0.15) is 17.3 Å². The van der Waals surface area contributed by atoms with Crippen molar-refractivity contribution in [1.29, 1.82) is 0 Å². The zero-order valence-electron chi connectivity index (χ0n) is 18.0. The molecule has 1 amide bonds. The Morgan fingerprint density at radius 2 is 2.06 bits per heavy atom. The third kappa shape index (κ3) is 5.13. The number of amides is 1. The van der Waals surface area contributed by atoms with Crippen molar-refractivity contribution in [3.05, 3.63) is 95.5 Å². The lowest BCUT2D eigenvalue weighted by Crippen LogP contribution is -2.23. The summed E-state index contributed by atoms with van der Waals surface area (Å²) in [6.45, 7) is 2.23. The van der Waals surface area contributed by atoms with Crippen molar-refractivity contribution < 1.29 is 14.3 Å². The average molecular weight is 428 g/mol. The van der Waals surface area contributed by atoms with E-state index in [0.29, 0.717) is 35.3 Å². The molecule has 0 bridgehead atoms. The Morgan fingerprint density at radius 3 is 2.81 bits per heavy atom. The number of aromatic nitrogens is 2. The van der Waals surface area contributed by atoms with E-state index in [1.54, 1.807) is 43.8 Å². The monoisotopic (exact) mass is 428 g/mol. The first kappa shape index (κ1) is 21.1. The van der Waals surface area contributed by atoms with Crippen LogP contribution in [0.1, 0.15) is 27.9 Å². The minimum atomic E-state index is -0.180.